The van der Waals surface area contributed by atoms with E-state index in [0.29, 0.717) is 9.65 Å². The van der Waals surface area contributed by atoms with E-state index >= 15 is 0 Å². The van der Waals surface area contributed by atoms with Gasteiger partial charge in [0.2, 0.25) is 0 Å². The molecule has 0 spiro atoms. The van der Waals surface area contributed by atoms with Gasteiger partial charge in [0.25, 0.3) is 0 Å². The summed E-state index contributed by atoms with van der Waals surface area (Å²) in [5.41, 5.74) is 2.91. The van der Waals surface area contributed by atoms with Crippen molar-refractivity contribution in [1.82, 2.24) is 0 Å². The molecule has 1 aliphatic carbocycles. The lowest BCUT2D eigenvalue weighted by Gasteiger charge is -2.04. The van der Waals surface area contributed by atoms with Crippen LogP contribution < -0.4 is 0 Å². The second-order valence-electron chi connectivity index (χ2n) is 2.82. The highest BCUT2D eigenvalue weighted by molar-refractivity contribution is 9.12. The van der Waals surface area contributed by atoms with Gasteiger partial charge in [-0.3, -0.25) is 0 Å². The number of fused-ring (bicyclic) bond motifs is 1. The van der Waals surface area contributed by atoms with Crippen molar-refractivity contribution in [1.29, 1.82) is 0 Å². The molecule has 0 aliphatic heterocycles. The van der Waals surface area contributed by atoms with E-state index in [9.17, 15) is 0 Å². The molecule has 1 aromatic carbocycles. The zero-order valence-electron chi connectivity index (χ0n) is 5.93. The molecule has 1 aromatic rings. The van der Waals surface area contributed by atoms with Crippen LogP contribution in [0, 0.1) is 0 Å². The lowest BCUT2D eigenvalue weighted by molar-refractivity contribution is 0.945. The maximum atomic E-state index is 3.66. The van der Waals surface area contributed by atoms with Gasteiger partial charge in [0.1, 0.15) is 0 Å². The molecular formula is C9H8Br2. The summed E-state index contributed by atoms with van der Waals surface area (Å²) in [6.07, 6.45) is 1.14. The minimum atomic E-state index is 0.499. The molecule has 0 saturated heterocycles. The molecule has 11 heavy (non-hydrogen) atoms. The van der Waals surface area contributed by atoms with Crippen molar-refractivity contribution in [2.24, 2.45) is 0 Å². The summed E-state index contributed by atoms with van der Waals surface area (Å²) in [6, 6.07) is 8.59. The number of rotatable bonds is 0. The smallest absolute Gasteiger partial charge is 0.0526 e. The number of alkyl halides is 2. The molecule has 0 nitrogen and oxygen atoms in total. The van der Waals surface area contributed by atoms with E-state index in [1.54, 1.807) is 0 Å². The molecule has 0 saturated carbocycles. The Morgan fingerprint density at radius 2 is 1.91 bits per heavy atom. The summed E-state index contributed by atoms with van der Waals surface area (Å²) in [7, 11) is 0. The second-order valence-corrected chi connectivity index (χ2v) is 4.98. The number of halogens is 2. The molecule has 0 heterocycles. The van der Waals surface area contributed by atoms with Gasteiger partial charge in [0, 0.05) is 4.83 Å². The third kappa shape index (κ3) is 1.27. The van der Waals surface area contributed by atoms with Crippen LogP contribution in [0.25, 0.3) is 0 Å². The van der Waals surface area contributed by atoms with Gasteiger partial charge in [0.15, 0.2) is 0 Å². The first kappa shape index (κ1) is 7.81. The number of hydrogen-bond acceptors (Lipinski definition) is 0. The summed E-state index contributed by atoms with van der Waals surface area (Å²) in [5.74, 6) is 0. The van der Waals surface area contributed by atoms with E-state index < -0.39 is 0 Å². The monoisotopic (exact) mass is 274 g/mol. The lowest BCUT2D eigenvalue weighted by Crippen LogP contribution is -1.97. The number of benzene rings is 1. The number of hydrogen-bond donors (Lipinski definition) is 0. The first-order valence-electron chi connectivity index (χ1n) is 3.65. The quantitative estimate of drug-likeness (QED) is 0.637. The second kappa shape index (κ2) is 2.91. The molecule has 2 atom stereocenters. The largest absolute Gasteiger partial charge is 0.0871 e. The van der Waals surface area contributed by atoms with Gasteiger partial charge in [0.05, 0.1) is 4.83 Å². The summed E-state index contributed by atoms with van der Waals surface area (Å²) < 4.78 is 0. The molecule has 0 unspecified atom stereocenters. The molecule has 0 aromatic heterocycles. The average Bonchev–Trinajstić information content (AvgIpc) is 2.30. The van der Waals surface area contributed by atoms with Gasteiger partial charge in [-0.05, 0) is 17.5 Å². The lowest BCUT2D eigenvalue weighted by atomic mass is 10.1. The maximum Gasteiger partial charge on any atom is 0.0526 e. The van der Waals surface area contributed by atoms with Gasteiger partial charge in [-0.1, -0.05) is 56.1 Å². The first-order chi connectivity index (χ1) is 5.29. The van der Waals surface area contributed by atoms with E-state index in [1.165, 1.54) is 11.1 Å². The Labute approximate surface area is 83.3 Å². The fourth-order valence-electron chi connectivity index (χ4n) is 1.50. The minimum Gasteiger partial charge on any atom is -0.0871 e. The molecule has 2 heteroatoms. The molecule has 0 amide bonds. The van der Waals surface area contributed by atoms with Crippen LogP contribution >= 0.6 is 31.9 Å². The Morgan fingerprint density at radius 3 is 2.64 bits per heavy atom. The van der Waals surface area contributed by atoms with Crippen molar-refractivity contribution < 1.29 is 0 Å². The third-order valence-corrected chi connectivity index (χ3v) is 4.78. The fraction of sp³-hybridized carbons (Fsp3) is 0.333. The molecule has 0 radical (unpaired) electrons. The van der Waals surface area contributed by atoms with E-state index in [2.05, 4.69) is 56.1 Å². The van der Waals surface area contributed by atoms with Crippen LogP contribution in [-0.4, -0.2) is 4.83 Å². The molecule has 0 N–H and O–H groups in total. The van der Waals surface area contributed by atoms with Gasteiger partial charge in [-0.15, -0.1) is 0 Å². The molecule has 2 rings (SSSR count). The minimum absolute atomic E-state index is 0.499. The van der Waals surface area contributed by atoms with Crippen molar-refractivity contribution in [2.75, 3.05) is 0 Å². The van der Waals surface area contributed by atoms with Crippen molar-refractivity contribution in [2.45, 2.75) is 16.1 Å². The third-order valence-electron chi connectivity index (χ3n) is 2.08. The Balaban J connectivity index is 2.47. The van der Waals surface area contributed by atoms with Crippen molar-refractivity contribution in [3.8, 4) is 0 Å². The summed E-state index contributed by atoms with van der Waals surface area (Å²) in [6.45, 7) is 0. The Kier molecular flexibility index (Phi) is 2.06. The van der Waals surface area contributed by atoms with E-state index in [1.807, 2.05) is 0 Å². The van der Waals surface area contributed by atoms with Gasteiger partial charge in [-0.25, -0.2) is 0 Å². The van der Waals surface area contributed by atoms with Crippen LogP contribution in [0.5, 0.6) is 0 Å². The summed E-state index contributed by atoms with van der Waals surface area (Å²) in [4.78, 5) is 1.07. The van der Waals surface area contributed by atoms with Crippen LogP contribution in [-0.2, 0) is 6.42 Å². The van der Waals surface area contributed by atoms with Crippen LogP contribution in [0.4, 0.5) is 0 Å². The topological polar surface area (TPSA) is 0 Å². The summed E-state index contributed by atoms with van der Waals surface area (Å²) >= 11 is 7.29. The van der Waals surface area contributed by atoms with Gasteiger partial charge in [-0.2, -0.15) is 0 Å². The highest BCUT2D eigenvalue weighted by Crippen LogP contribution is 2.41. The van der Waals surface area contributed by atoms with Crippen LogP contribution in [0.1, 0.15) is 16.0 Å². The van der Waals surface area contributed by atoms with Crippen molar-refractivity contribution >= 4 is 31.9 Å². The molecular weight excluding hydrogens is 268 g/mol. The fourth-order valence-corrected chi connectivity index (χ4v) is 2.76. The molecule has 0 bridgehead atoms. The normalized spacial score (nSPS) is 28.5. The van der Waals surface area contributed by atoms with Gasteiger partial charge < -0.3 is 0 Å². The van der Waals surface area contributed by atoms with E-state index in [4.69, 9.17) is 0 Å². The van der Waals surface area contributed by atoms with Crippen molar-refractivity contribution in [3.63, 3.8) is 0 Å². The maximum absolute atomic E-state index is 3.66. The predicted molar refractivity (Wildman–Crippen MR) is 54.5 cm³/mol. The van der Waals surface area contributed by atoms with E-state index in [0.717, 1.165) is 6.42 Å². The Hall–Kier alpha value is 0.180. The molecule has 58 valence electrons. The Bertz CT molecular complexity index is 270. The highest BCUT2D eigenvalue weighted by Gasteiger charge is 2.27. The van der Waals surface area contributed by atoms with Crippen LogP contribution in [0.3, 0.4) is 0 Å². The van der Waals surface area contributed by atoms with Crippen LogP contribution in [0.2, 0.25) is 0 Å². The first-order valence-corrected chi connectivity index (χ1v) is 5.48. The molecule has 1 aliphatic rings. The van der Waals surface area contributed by atoms with Gasteiger partial charge >= 0.3 is 0 Å². The average molecular weight is 276 g/mol. The summed E-state index contributed by atoms with van der Waals surface area (Å²) in [5, 5.41) is 0. The highest BCUT2D eigenvalue weighted by atomic mass is 79.9. The predicted octanol–water partition coefficient (Wildman–Crippen LogP) is 3.44. The molecule has 0 fully saturated rings. The zero-order chi connectivity index (χ0) is 7.84. The van der Waals surface area contributed by atoms with E-state index in [-0.39, 0.29) is 0 Å². The van der Waals surface area contributed by atoms with Crippen LogP contribution in [0.15, 0.2) is 24.3 Å². The zero-order valence-corrected chi connectivity index (χ0v) is 9.10. The standard InChI is InChI=1S/C9H8Br2/c10-8-5-6-3-1-2-4-7(6)9(8)11/h1-4,8-9H,5H2/t8-,9-/m0/s1. The SMILES string of the molecule is Br[C@H]1Cc2ccccc2[C@@H]1Br. The Morgan fingerprint density at radius 1 is 1.18 bits per heavy atom. The van der Waals surface area contributed by atoms with Crippen molar-refractivity contribution in [3.05, 3.63) is 35.4 Å².